The van der Waals surface area contributed by atoms with Gasteiger partial charge in [0.1, 0.15) is 5.82 Å². The average molecular weight is 417 g/mol. The highest BCUT2D eigenvalue weighted by atomic mass is 19.1. The Morgan fingerprint density at radius 2 is 1.71 bits per heavy atom. The van der Waals surface area contributed by atoms with Crippen LogP contribution in [0.2, 0.25) is 0 Å². The molecule has 6 heteroatoms. The molecule has 1 saturated heterocycles. The van der Waals surface area contributed by atoms with Gasteiger partial charge >= 0.3 is 6.03 Å². The molecular formula is C25H24FN3O2. The lowest BCUT2D eigenvalue weighted by molar-refractivity contribution is -0.128. The minimum atomic E-state index is -0.478. The second kappa shape index (κ2) is 9.43. The van der Waals surface area contributed by atoms with Gasteiger partial charge in [0, 0.05) is 26.1 Å². The van der Waals surface area contributed by atoms with Crippen molar-refractivity contribution in [3.8, 4) is 11.1 Å². The summed E-state index contributed by atoms with van der Waals surface area (Å²) in [6.45, 7) is 1.77. The van der Waals surface area contributed by atoms with E-state index in [1.165, 1.54) is 12.1 Å². The minimum Gasteiger partial charge on any atom is -0.338 e. The summed E-state index contributed by atoms with van der Waals surface area (Å²) < 4.78 is 13.7. The molecule has 2 N–H and O–H groups in total. The van der Waals surface area contributed by atoms with E-state index in [9.17, 15) is 14.0 Å². The zero-order chi connectivity index (χ0) is 21.6. The summed E-state index contributed by atoms with van der Waals surface area (Å²) in [6, 6.07) is 21.6. The van der Waals surface area contributed by atoms with Gasteiger partial charge in [-0.1, -0.05) is 60.7 Å². The number of halogens is 1. The largest absolute Gasteiger partial charge is 0.338 e. The van der Waals surface area contributed by atoms with Crippen molar-refractivity contribution in [3.05, 3.63) is 89.7 Å². The van der Waals surface area contributed by atoms with Crippen molar-refractivity contribution in [2.75, 3.05) is 11.9 Å². The zero-order valence-electron chi connectivity index (χ0n) is 17.1. The highest BCUT2D eigenvalue weighted by Gasteiger charge is 2.19. The van der Waals surface area contributed by atoms with Crippen LogP contribution in [0.15, 0.2) is 72.8 Å². The van der Waals surface area contributed by atoms with Crippen LogP contribution in [0.25, 0.3) is 11.1 Å². The monoisotopic (exact) mass is 417 g/mol. The Bertz CT molecular complexity index is 1080. The van der Waals surface area contributed by atoms with E-state index in [0.29, 0.717) is 19.5 Å². The lowest BCUT2D eigenvalue weighted by atomic mass is 9.98. The lowest BCUT2D eigenvalue weighted by Crippen LogP contribution is -2.28. The van der Waals surface area contributed by atoms with Crippen molar-refractivity contribution in [2.45, 2.75) is 25.9 Å². The Morgan fingerprint density at radius 1 is 0.968 bits per heavy atom. The molecule has 1 heterocycles. The highest BCUT2D eigenvalue weighted by molar-refractivity contribution is 5.89. The van der Waals surface area contributed by atoms with E-state index < -0.39 is 11.8 Å². The zero-order valence-corrected chi connectivity index (χ0v) is 17.1. The predicted octanol–water partition coefficient (Wildman–Crippen LogP) is 4.94. The van der Waals surface area contributed by atoms with Crippen LogP contribution in [-0.2, 0) is 17.9 Å². The first-order chi connectivity index (χ1) is 15.1. The van der Waals surface area contributed by atoms with E-state index in [0.717, 1.165) is 35.2 Å². The van der Waals surface area contributed by atoms with Crippen molar-refractivity contribution >= 4 is 17.6 Å². The van der Waals surface area contributed by atoms with Gasteiger partial charge in [-0.2, -0.15) is 0 Å². The summed E-state index contributed by atoms with van der Waals surface area (Å²) in [5.74, 6) is -0.261. The van der Waals surface area contributed by atoms with E-state index in [1.807, 2.05) is 53.4 Å². The van der Waals surface area contributed by atoms with Gasteiger partial charge in [-0.25, -0.2) is 9.18 Å². The van der Waals surface area contributed by atoms with Gasteiger partial charge in [0.15, 0.2) is 0 Å². The molecule has 1 aliphatic heterocycles. The first kappa shape index (κ1) is 20.6. The van der Waals surface area contributed by atoms with Crippen molar-refractivity contribution in [1.82, 2.24) is 10.2 Å². The SMILES string of the molecule is O=C(NCc1ccccc1-c1ccc(CN2CCCC2=O)cc1)Nc1ccccc1F. The maximum Gasteiger partial charge on any atom is 0.319 e. The van der Waals surface area contributed by atoms with Crippen LogP contribution in [0.4, 0.5) is 14.9 Å². The van der Waals surface area contributed by atoms with Gasteiger partial charge < -0.3 is 15.5 Å². The average Bonchev–Trinajstić information content (AvgIpc) is 3.19. The van der Waals surface area contributed by atoms with E-state index in [2.05, 4.69) is 10.6 Å². The number of carbonyl (C=O) groups is 2. The molecule has 0 aliphatic carbocycles. The molecule has 31 heavy (non-hydrogen) atoms. The summed E-state index contributed by atoms with van der Waals surface area (Å²) in [7, 11) is 0. The van der Waals surface area contributed by atoms with Gasteiger partial charge in [-0.15, -0.1) is 0 Å². The van der Waals surface area contributed by atoms with Crippen LogP contribution in [0, 0.1) is 5.82 Å². The summed E-state index contributed by atoms with van der Waals surface area (Å²) in [6.07, 6.45) is 1.57. The van der Waals surface area contributed by atoms with Gasteiger partial charge in [-0.05, 0) is 40.8 Å². The molecule has 158 valence electrons. The van der Waals surface area contributed by atoms with Crippen molar-refractivity contribution in [3.63, 3.8) is 0 Å². The molecule has 0 spiro atoms. The first-order valence-electron chi connectivity index (χ1n) is 10.3. The van der Waals surface area contributed by atoms with E-state index in [-0.39, 0.29) is 11.6 Å². The maximum atomic E-state index is 13.7. The van der Waals surface area contributed by atoms with Crippen LogP contribution in [0.1, 0.15) is 24.0 Å². The number of benzene rings is 3. The molecule has 1 aliphatic rings. The van der Waals surface area contributed by atoms with Crippen LogP contribution >= 0.6 is 0 Å². The number of para-hydroxylation sites is 1. The first-order valence-corrected chi connectivity index (χ1v) is 10.3. The number of likely N-dealkylation sites (tertiary alicyclic amines) is 1. The molecule has 0 radical (unpaired) electrons. The van der Waals surface area contributed by atoms with Crippen LogP contribution < -0.4 is 10.6 Å². The van der Waals surface area contributed by atoms with Gasteiger partial charge in [0.25, 0.3) is 0 Å². The van der Waals surface area contributed by atoms with E-state index >= 15 is 0 Å². The topological polar surface area (TPSA) is 61.4 Å². The molecule has 3 amide bonds. The molecule has 1 fully saturated rings. The Morgan fingerprint density at radius 3 is 2.45 bits per heavy atom. The molecule has 0 saturated carbocycles. The third-order valence-electron chi connectivity index (χ3n) is 5.39. The molecule has 0 aromatic heterocycles. The molecule has 4 rings (SSSR count). The fourth-order valence-electron chi connectivity index (χ4n) is 3.74. The Kier molecular flexibility index (Phi) is 6.26. The molecule has 0 atom stereocenters. The minimum absolute atomic E-state index is 0.139. The Balaban J connectivity index is 1.41. The maximum absolute atomic E-state index is 13.7. The number of carbonyl (C=O) groups excluding carboxylic acids is 2. The van der Waals surface area contributed by atoms with Crippen molar-refractivity contribution in [2.24, 2.45) is 0 Å². The third kappa shape index (κ3) is 5.09. The normalized spacial score (nSPS) is 13.3. The summed E-state index contributed by atoms with van der Waals surface area (Å²) in [5, 5.41) is 5.32. The number of anilines is 1. The second-order valence-electron chi connectivity index (χ2n) is 7.56. The van der Waals surface area contributed by atoms with Gasteiger partial charge in [-0.3, -0.25) is 4.79 Å². The molecule has 3 aromatic carbocycles. The van der Waals surface area contributed by atoms with E-state index in [1.54, 1.807) is 12.1 Å². The van der Waals surface area contributed by atoms with Crippen molar-refractivity contribution < 1.29 is 14.0 Å². The third-order valence-corrected chi connectivity index (χ3v) is 5.39. The number of nitrogens with one attached hydrogen (secondary N) is 2. The summed E-state index contributed by atoms with van der Waals surface area (Å²) in [4.78, 5) is 25.9. The molecule has 0 unspecified atom stereocenters. The van der Waals surface area contributed by atoms with Crippen molar-refractivity contribution in [1.29, 1.82) is 0 Å². The van der Waals surface area contributed by atoms with Crippen LogP contribution in [0.3, 0.4) is 0 Å². The van der Waals surface area contributed by atoms with Crippen LogP contribution in [0.5, 0.6) is 0 Å². The number of amides is 3. The Hall–Kier alpha value is -3.67. The molecule has 0 bridgehead atoms. The fraction of sp³-hybridized carbons (Fsp3) is 0.200. The van der Waals surface area contributed by atoms with Crippen LogP contribution in [-0.4, -0.2) is 23.4 Å². The predicted molar refractivity (Wildman–Crippen MR) is 119 cm³/mol. The van der Waals surface area contributed by atoms with Gasteiger partial charge in [0.05, 0.1) is 5.69 Å². The number of urea groups is 1. The van der Waals surface area contributed by atoms with E-state index in [4.69, 9.17) is 0 Å². The summed E-state index contributed by atoms with van der Waals surface area (Å²) >= 11 is 0. The highest BCUT2D eigenvalue weighted by Crippen LogP contribution is 2.25. The lowest BCUT2D eigenvalue weighted by Gasteiger charge is -2.16. The standard InChI is InChI=1S/C25H24FN3O2/c26-22-8-3-4-9-23(22)28-25(31)27-16-20-6-1-2-7-21(20)19-13-11-18(12-14-19)17-29-15-5-10-24(29)30/h1-4,6-9,11-14H,5,10,15-17H2,(H2,27,28,31). The Labute approximate surface area is 180 Å². The number of nitrogens with zero attached hydrogens (tertiary/aromatic N) is 1. The fourth-order valence-corrected chi connectivity index (χ4v) is 3.74. The quantitative estimate of drug-likeness (QED) is 0.597. The molecular weight excluding hydrogens is 393 g/mol. The smallest absolute Gasteiger partial charge is 0.319 e. The summed E-state index contributed by atoms with van der Waals surface area (Å²) in [5.41, 5.74) is 4.23. The number of hydrogen-bond acceptors (Lipinski definition) is 2. The second-order valence-corrected chi connectivity index (χ2v) is 7.56. The number of hydrogen-bond donors (Lipinski definition) is 2. The number of rotatable bonds is 6. The molecule has 5 nitrogen and oxygen atoms in total. The van der Waals surface area contributed by atoms with Gasteiger partial charge in [0.2, 0.25) is 5.91 Å². The molecule has 3 aromatic rings.